The summed E-state index contributed by atoms with van der Waals surface area (Å²) in [6.07, 6.45) is 6.59. The first-order valence-corrected chi connectivity index (χ1v) is 6.31. The maximum absolute atomic E-state index is 11.8. The summed E-state index contributed by atoms with van der Waals surface area (Å²) in [4.78, 5) is 14.3. The van der Waals surface area contributed by atoms with Crippen molar-refractivity contribution in [3.05, 3.63) is 18.0 Å². The summed E-state index contributed by atoms with van der Waals surface area (Å²) in [7, 11) is 0. The van der Waals surface area contributed by atoms with Gasteiger partial charge in [0, 0.05) is 18.8 Å². The molecule has 1 unspecified atom stereocenters. The number of nitrogens with zero attached hydrogens (tertiary/aromatic N) is 2. The molecule has 0 bridgehead atoms. The van der Waals surface area contributed by atoms with Crippen molar-refractivity contribution in [3.8, 4) is 0 Å². The standard InChI is InChI=1S/C12H20N4O/c1-2-5-16-6-3-4-11(9-16)15-12(17)10-7-13-14-8-10/h7-8,11H,2-6,9H2,1H3,(H,13,14)(H,15,17). The van der Waals surface area contributed by atoms with E-state index in [0.717, 1.165) is 32.5 Å². The molecule has 94 valence electrons. The number of hydrogen-bond donors (Lipinski definition) is 2. The third kappa shape index (κ3) is 3.30. The topological polar surface area (TPSA) is 61.0 Å². The molecule has 0 saturated carbocycles. The second-order valence-electron chi connectivity index (χ2n) is 4.60. The Morgan fingerprint density at radius 2 is 2.59 bits per heavy atom. The van der Waals surface area contributed by atoms with Crippen LogP contribution in [-0.4, -0.2) is 46.7 Å². The Morgan fingerprint density at radius 3 is 3.29 bits per heavy atom. The molecule has 5 nitrogen and oxygen atoms in total. The summed E-state index contributed by atoms with van der Waals surface area (Å²) in [5.74, 6) is -0.0258. The van der Waals surface area contributed by atoms with Crippen LogP contribution in [0.15, 0.2) is 12.4 Å². The Labute approximate surface area is 102 Å². The van der Waals surface area contributed by atoms with Gasteiger partial charge in [0.25, 0.3) is 5.91 Å². The Kier molecular flexibility index (Phi) is 4.14. The van der Waals surface area contributed by atoms with Gasteiger partial charge in [-0.25, -0.2) is 0 Å². The molecular formula is C12H20N4O. The molecule has 1 aromatic heterocycles. The van der Waals surface area contributed by atoms with Crippen molar-refractivity contribution in [2.75, 3.05) is 19.6 Å². The molecule has 0 radical (unpaired) electrons. The maximum atomic E-state index is 11.8. The first-order valence-electron chi connectivity index (χ1n) is 6.31. The minimum atomic E-state index is -0.0258. The van der Waals surface area contributed by atoms with Crippen LogP contribution in [0.25, 0.3) is 0 Å². The van der Waals surface area contributed by atoms with Crippen molar-refractivity contribution in [2.24, 2.45) is 0 Å². The molecule has 0 aliphatic carbocycles. The summed E-state index contributed by atoms with van der Waals surface area (Å²) >= 11 is 0. The molecule has 2 rings (SSSR count). The van der Waals surface area contributed by atoms with E-state index in [1.165, 1.54) is 6.42 Å². The fourth-order valence-corrected chi connectivity index (χ4v) is 2.34. The largest absolute Gasteiger partial charge is 0.348 e. The number of carbonyl (C=O) groups is 1. The molecule has 1 atom stereocenters. The quantitative estimate of drug-likeness (QED) is 0.820. The van der Waals surface area contributed by atoms with Crippen LogP contribution in [0.3, 0.4) is 0 Å². The molecular weight excluding hydrogens is 216 g/mol. The van der Waals surface area contributed by atoms with Gasteiger partial charge in [-0.15, -0.1) is 0 Å². The number of carbonyl (C=O) groups excluding carboxylic acids is 1. The number of aromatic amines is 1. The van der Waals surface area contributed by atoms with Crippen molar-refractivity contribution in [1.82, 2.24) is 20.4 Å². The minimum absolute atomic E-state index is 0.0258. The zero-order valence-electron chi connectivity index (χ0n) is 10.3. The number of nitrogens with one attached hydrogen (secondary N) is 2. The van der Waals surface area contributed by atoms with Crippen LogP contribution < -0.4 is 5.32 Å². The monoisotopic (exact) mass is 236 g/mol. The zero-order valence-corrected chi connectivity index (χ0v) is 10.3. The molecule has 0 aromatic carbocycles. The van der Waals surface area contributed by atoms with Gasteiger partial charge in [0.05, 0.1) is 11.8 Å². The average molecular weight is 236 g/mol. The highest BCUT2D eigenvalue weighted by molar-refractivity contribution is 5.93. The summed E-state index contributed by atoms with van der Waals surface area (Å²) < 4.78 is 0. The molecule has 2 heterocycles. The number of rotatable bonds is 4. The first kappa shape index (κ1) is 12.1. The van der Waals surface area contributed by atoms with Gasteiger partial charge in [-0.3, -0.25) is 9.89 Å². The summed E-state index contributed by atoms with van der Waals surface area (Å²) in [5.41, 5.74) is 0.609. The predicted octanol–water partition coefficient (Wildman–Crippen LogP) is 1.01. The van der Waals surface area contributed by atoms with Crippen LogP contribution in [-0.2, 0) is 0 Å². The third-order valence-electron chi connectivity index (χ3n) is 3.14. The predicted molar refractivity (Wildman–Crippen MR) is 65.8 cm³/mol. The lowest BCUT2D eigenvalue weighted by atomic mass is 10.1. The van der Waals surface area contributed by atoms with Crippen molar-refractivity contribution in [1.29, 1.82) is 0 Å². The second-order valence-corrected chi connectivity index (χ2v) is 4.60. The van der Waals surface area contributed by atoms with Gasteiger partial charge < -0.3 is 10.2 Å². The molecule has 1 aliphatic rings. The SMILES string of the molecule is CCCN1CCCC(NC(=O)c2cn[nH]c2)C1. The molecule has 5 heteroatoms. The van der Waals surface area contributed by atoms with Gasteiger partial charge in [-0.2, -0.15) is 5.10 Å². The zero-order chi connectivity index (χ0) is 12.1. The smallest absolute Gasteiger partial charge is 0.254 e. The minimum Gasteiger partial charge on any atom is -0.348 e. The molecule has 0 spiro atoms. The van der Waals surface area contributed by atoms with Crippen LogP contribution in [0.1, 0.15) is 36.5 Å². The fraction of sp³-hybridized carbons (Fsp3) is 0.667. The molecule has 2 N–H and O–H groups in total. The Hall–Kier alpha value is -1.36. The van der Waals surface area contributed by atoms with Crippen molar-refractivity contribution in [3.63, 3.8) is 0 Å². The van der Waals surface area contributed by atoms with Gasteiger partial charge in [0.15, 0.2) is 0 Å². The van der Waals surface area contributed by atoms with E-state index in [1.807, 2.05) is 0 Å². The van der Waals surface area contributed by atoms with Crippen LogP contribution in [0.4, 0.5) is 0 Å². The highest BCUT2D eigenvalue weighted by Gasteiger charge is 2.21. The third-order valence-corrected chi connectivity index (χ3v) is 3.14. The maximum Gasteiger partial charge on any atom is 0.254 e. The fourth-order valence-electron chi connectivity index (χ4n) is 2.34. The van der Waals surface area contributed by atoms with Gasteiger partial charge in [-0.05, 0) is 32.4 Å². The van der Waals surface area contributed by atoms with Crippen molar-refractivity contribution in [2.45, 2.75) is 32.2 Å². The highest BCUT2D eigenvalue weighted by atomic mass is 16.1. The Balaban J connectivity index is 1.84. The van der Waals surface area contributed by atoms with E-state index < -0.39 is 0 Å². The molecule has 1 saturated heterocycles. The Morgan fingerprint density at radius 1 is 1.71 bits per heavy atom. The van der Waals surface area contributed by atoms with E-state index in [1.54, 1.807) is 12.4 Å². The van der Waals surface area contributed by atoms with E-state index in [-0.39, 0.29) is 11.9 Å². The summed E-state index contributed by atoms with van der Waals surface area (Å²) in [5, 5.41) is 9.51. The van der Waals surface area contributed by atoms with Gasteiger partial charge in [-0.1, -0.05) is 6.92 Å². The van der Waals surface area contributed by atoms with Crippen LogP contribution in [0, 0.1) is 0 Å². The molecule has 17 heavy (non-hydrogen) atoms. The van der Waals surface area contributed by atoms with E-state index >= 15 is 0 Å². The van der Waals surface area contributed by atoms with E-state index in [9.17, 15) is 4.79 Å². The second kappa shape index (κ2) is 5.82. The van der Waals surface area contributed by atoms with Gasteiger partial charge >= 0.3 is 0 Å². The van der Waals surface area contributed by atoms with Crippen LogP contribution in [0.2, 0.25) is 0 Å². The Bertz CT molecular complexity index is 347. The van der Waals surface area contributed by atoms with Crippen molar-refractivity contribution < 1.29 is 4.79 Å². The number of amides is 1. The lowest BCUT2D eigenvalue weighted by Gasteiger charge is -2.32. The molecule has 1 aromatic rings. The molecule has 1 aliphatic heterocycles. The summed E-state index contributed by atoms with van der Waals surface area (Å²) in [6.45, 7) is 5.44. The number of piperidine rings is 1. The number of likely N-dealkylation sites (tertiary alicyclic amines) is 1. The van der Waals surface area contributed by atoms with Gasteiger partial charge in [0.1, 0.15) is 0 Å². The van der Waals surface area contributed by atoms with Gasteiger partial charge in [0.2, 0.25) is 0 Å². The van der Waals surface area contributed by atoms with Crippen LogP contribution >= 0.6 is 0 Å². The number of hydrogen-bond acceptors (Lipinski definition) is 3. The van der Waals surface area contributed by atoms with E-state index in [2.05, 4.69) is 27.3 Å². The van der Waals surface area contributed by atoms with E-state index in [0.29, 0.717) is 5.56 Å². The lowest BCUT2D eigenvalue weighted by molar-refractivity contribution is 0.0904. The van der Waals surface area contributed by atoms with Crippen molar-refractivity contribution >= 4 is 5.91 Å². The van der Waals surface area contributed by atoms with E-state index in [4.69, 9.17) is 0 Å². The number of aromatic nitrogens is 2. The normalized spacial score (nSPS) is 21.4. The highest BCUT2D eigenvalue weighted by Crippen LogP contribution is 2.11. The van der Waals surface area contributed by atoms with Crippen LogP contribution in [0.5, 0.6) is 0 Å². The number of H-pyrrole nitrogens is 1. The summed E-state index contributed by atoms with van der Waals surface area (Å²) in [6, 6.07) is 0.276. The molecule has 1 fully saturated rings. The lowest BCUT2D eigenvalue weighted by Crippen LogP contribution is -2.47. The molecule has 1 amide bonds. The average Bonchev–Trinajstić information content (AvgIpc) is 2.83. The first-order chi connectivity index (χ1) is 8.29.